The standard InChI is InChI=1S/C22H36FN5.HI/c1-4-24-22(25-14-18-7-5-11-27(3)15-18)26-19-8-6-12-28(16-19)21-13-17(2)9-10-20(21)23;/h9-10,13,18-19H,4-8,11-12,14-16H2,1-3H3,(H2,24,25,26);1H. The van der Waals surface area contributed by atoms with Gasteiger partial charge in [0.2, 0.25) is 0 Å². The molecular formula is C22H37FIN5. The molecule has 2 aliphatic rings. The molecule has 0 bridgehead atoms. The van der Waals surface area contributed by atoms with Crippen molar-refractivity contribution in [2.24, 2.45) is 10.9 Å². The number of hydrogen-bond acceptors (Lipinski definition) is 3. The minimum Gasteiger partial charge on any atom is -0.367 e. The van der Waals surface area contributed by atoms with E-state index in [0.29, 0.717) is 5.92 Å². The van der Waals surface area contributed by atoms with Gasteiger partial charge < -0.3 is 20.4 Å². The van der Waals surface area contributed by atoms with Crippen molar-refractivity contribution in [1.29, 1.82) is 0 Å². The van der Waals surface area contributed by atoms with E-state index in [0.717, 1.165) is 62.8 Å². The van der Waals surface area contributed by atoms with Gasteiger partial charge in [-0.05, 0) is 76.7 Å². The fourth-order valence-electron chi connectivity index (χ4n) is 4.33. The SMILES string of the molecule is CCNC(=NCC1CCCN(C)C1)NC1CCCN(c2cc(C)ccc2F)C1.I. The quantitative estimate of drug-likeness (QED) is 0.356. The Kier molecular flexibility index (Phi) is 9.95. The number of nitrogens with zero attached hydrogens (tertiary/aromatic N) is 3. The van der Waals surface area contributed by atoms with E-state index < -0.39 is 0 Å². The molecule has 2 N–H and O–H groups in total. The molecule has 7 heteroatoms. The lowest BCUT2D eigenvalue weighted by Crippen LogP contribution is -2.51. The molecule has 0 aromatic heterocycles. The summed E-state index contributed by atoms with van der Waals surface area (Å²) < 4.78 is 14.3. The van der Waals surface area contributed by atoms with E-state index in [4.69, 9.17) is 4.99 Å². The van der Waals surface area contributed by atoms with Gasteiger partial charge in [-0.25, -0.2) is 4.39 Å². The summed E-state index contributed by atoms with van der Waals surface area (Å²) in [5.41, 5.74) is 1.82. The minimum absolute atomic E-state index is 0. The van der Waals surface area contributed by atoms with Gasteiger partial charge in [0.05, 0.1) is 5.69 Å². The first kappa shape index (κ1) is 24.2. The van der Waals surface area contributed by atoms with Gasteiger partial charge in [-0.1, -0.05) is 6.07 Å². The van der Waals surface area contributed by atoms with Crippen LogP contribution in [0.25, 0.3) is 0 Å². The van der Waals surface area contributed by atoms with Crippen molar-refractivity contribution in [3.63, 3.8) is 0 Å². The number of rotatable bonds is 5. The molecule has 0 radical (unpaired) electrons. The number of piperidine rings is 2. The summed E-state index contributed by atoms with van der Waals surface area (Å²) in [5, 5.41) is 6.99. The normalized spacial score (nSPS) is 23.4. The molecule has 0 saturated carbocycles. The Bertz CT molecular complexity index is 669. The lowest BCUT2D eigenvalue weighted by atomic mass is 9.99. The first-order valence-corrected chi connectivity index (χ1v) is 10.8. The van der Waals surface area contributed by atoms with Crippen molar-refractivity contribution >= 4 is 35.6 Å². The molecule has 2 saturated heterocycles. The molecule has 29 heavy (non-hydrogen) atoms. The first-order chi connectivity index (χ1) is 13.5. The van der Waals surface area contributed by atoms with Crippen LogP contribution in [0.4, 0.5) is 10.1 Å². The van der Waals surface area contributed by atoms with Gasteiger partial charge in [-0.2, -0.15) is 0 Å². The molecule has 1 aromatic carbocycles. The van der Waals surface area contributed by atoms with E-state index in [9.17, 15) is 4.39 Å². The molecular weight excluding hydrogens is 480 g/mol. The molecule has 2 atom stereocenters. The van der Waals surface area contributed by atoms with Crippen molar-refractivity contribution < 1.29 is 4.39 Å². The number of aliphatic imine (C=N–C) groups is 1. The summed E-state index contributed by atoms with van der Waals surface area (Å²) in [6, 6.07) is 5.64. The number of guanidine groups is 1. The highest BCUT2D eigenvalue weighted by molar-refractivity contribution is 14.0. The van der Waals surface area contributed by atoms with E-state index in [1.165, 1.54) is 19.4 Å². The Balaban J connectivity index is 0.00000300. The summed E-state index contributed by atoms with van der Waals surface area (Å²) in [5.74, 6) is 1.40. The molecule has 0 aliphatic carbocycles. The molecule has 0 amide bonds. The number of anilines is 1. The summed E-state index contributed by atoms with van der Waals surface area (Å²) in [4.78, 5) is 9.44. The molecule has 5 nitrogen and oxygen atoms in total. The summed E-state index contributed by atoms with van der Waals surface area (Å²) in [7, 11) is 2.19. The molecule has 1 aromatic rings. The lowest BCUT2D eigenvalue weighted by Gasteiger charge is -2.36. The minimum atomic E-state index is -0.131. The van der Waals surface area contributed by atoms with Crippen LogP contribution in [0.1, 0.15) is 38.2 Å². The summed E-state index contributed by atoms with van der Waals surface area (Å²) in [6.45, 7) is 9.86. The predicted molar refractivity (Wildman–Crippen MR) is 131 cm³/mol. The third kappa shape index (κ3) is 7.27. The molecule has 2 aliphatic heterocycles. The number of benzene rings is 1. The molecule has 2 fully saturated rings. The van der Waals surface area contributed by atoms with E-state index >= 15 is 0 Å². The average Bonchev–Trinajstić information content (AvgIpc) is 2.68. The van der Waals surface area contributed by atoms with Crippen molar-refractivity contribution in [1.82, 2.24) is 15.5 Å². The number of halogens is 2. The van der Waals surface area contributed by atoms with Gasteiger partial charge in [0.15, 0.2) is 5.96 Å². The Hall–Kier alpha value is -1.09. The van der Waals surface area contributed by atoms with Crippen molar-refractivity contribution in [2.45, 2.75) is 45.6 Å². The van der Waals surface area contributed by atoms with Crippen LogP contribution in [0.15, 0.2) is 23.2 Å². The van der Waals surface area contributed by atoms with E-state index in [2.05, 4.69) is 34.4 Å². The van der Waals surface area contributed by atoms with Crippen LogP contribution in [0.2, 0.25) is 0 Å². The van der Waals surface area contributed by atoms with Crippen LogP contribution in [0.5, 0.6) is 0 Å². The van der Waals surface area contributed by atoms with Gasteiger partial charge in [0, 0.05) is 38.8 Å². The summed E-state index contributed by atoms with van der Waals surface area (Å²) in [6.07, 6.45) is 4.66. The van der Waals surface area contributed by atoms with E-state index in [-0.39, 0.29) is 35.8 Å². The maximum Gasteiger partial charge on any atom is 0.191 e. The van der Waals surface area contributed by atoms with Gasteiger partial charge >= 0.3 is 0 Å². The number of nitrogens with one attached hydrogen (secondary N) is 2. The monoisotopic (exact) mass is 517 g/mol. The average molecular weight is 517 g/mol. The fourth-order valence-corrected chi connectivity index (χ4v) is 4.33. The predicted octanol–water partition coefficient (Wildman–Crippen LogP) is 3.62. The Morgan fingerprint density at radius 3 is 2.76 bits per heavy atom. The zero-order valence-corrected chi connectivity index (χ0v) is 20.4. The maximum atomic E-state index is 14.3. The highest BCUT2D eigenvalue weighted by Gasteiger charge is 2.23. The second-order valence-corrected chi connectivity index (χ2v) is 8.37. The Morgan fingerprint density at radius 2 is 2.00 bits per heavy atom. The zero-order chi connectivity index (χ0) is 19.9. The van der Waals surface area contributed by atoms with Gasteiger partial charge in [0.1, 0.15) is 5.82 Å². The van der Waals surface area contributed by atoms with Crippen molar-refractivity contribution in [3.05, 3.63) is 29.6 Å². The Labute approximate surface area is 192 Å². The Morgan fingerprint density at radius 1 is 1.21 bits per heavy atom. The second-order valence-electron chi connectivity index (χ2n) is 8.37. The molecule has 3 rings (SSSR count). The highest BCUT2D eigenvalue weighted by Crippen LogP contribution is 2.24. The van der Waals surface area contributed by atoms with Gasteiger partial charge in [0.25, 0.3) is 0 Å². The van der Waals surface area contributed by atoms with Gasteiger partial charge in [-0.3, -0.25) is 4.99 Å². The largest absolute Gasteiger partial charge is 0.367 e. The van der Waals surface area contributed by atoms with E-state index in [1.807, 2.05) is 19.1 Å². The van der Waals surface area contributed by atoms with Crippen LogP contribution in [-0.4, -0.2) is 63.2 Å². The van der Waals surface area contributed by atoms with Crippen LogP contribution in [0.3, 0.4) is 0 Å². The number of aryl methyl sites for hydroxylation is 1. The number of hydrogen-bond donors (Lipinski definition) is 2. The smallest absolute Gasteiger partial charge is 0.191 e. The fraction of sp³-hybridized carbons (Fsp3) is 0.682. The molecule has 2 unspecified atom stereocenters. The lowest BCUT2D eigenvalue weighted by molar-refractivity contribution is 0.214. The maximum absolute atomic E-state index is 14.3. The highest BCUT2D eigenvalue weighted by atomic mass is 127. The zero-order valence-electron chi connectivity index (χ0n) is 18.1. The van der Waals surface area contributed by atoms with Crippen molar-refractivity contribution in [2.75, 3.05) is 51.2 Å². The van der Waals surface area contributed by atoms with Crippen LogP contribution < -0.4 is 15.5 Å². The molecule has 2 heterocycles. The van der Waals surface area contributed by atoms with E-state index in [1.54, 1.807) is 6.07 Å². The molecule has 164 valence electrons. The van der Waals surface area contributed by atoms with Crippen LogP contribution >= 0.6 is 24.0 Å². The third-order valence-electron chi connectivity index (χ3n) is 5.78. The number of likely N-dealkylation sites (tertiary alicyclic amines) is 1. The topological polar surface area (TPSA) is 42.9 Å². The summed E-state index contributed by atoms with van der Waals surface area (Å²) >= 11 is 0. The molecule has 0 spiro atoms. The second kappa shape index (κ2) is 11.9. The first-order valence-electron chi connectivity index (χ1n) is 10.8. The van der Waals surface area contributed by atoms with Crippen LogP contribution in [0, 0.1) is 18.7 Å². The van der Waals surface area contributed by atoms with Crippen LogP contribution in [-0.2, 0) is 0 Å². The van der Waals surface area contributed by atoms with Gasteiger partial charge in [-0.15, -0.1) is 24.0 Å². The van der Waals surface area contributed by atoms with Crippen molar-refractivity contribution in [3.8, 4) is 0 Å². The third-order valence-corrected chi connectivity index (χ3v) is 5.78.